The number of sulfonamides is 1. The number of carbonyl (C=O) groups excluding carboxylic acids is 1. The number of rotatable bonds is 8. The minimum absolute atomic E-state index is 0.114. The van der Waals surface area contributed by atoms with E-state index >= 15 is 0 Å². The summed E-state index contributed by atoms with van der Waals surface area (Å²) in [5.74, 6) is -0.480. The number of pyridine rings is 1. The highest BCUT2D eigenvalue weighted by Gasteiger charge is 2.32. The van der Waals surface area contributed by atoms with Crippen molar-refractivity contribution in [2.45, 2.75) is 31.7 Å². The molecule has 0 fully saturated rings. The predicted molar refractivity (Wildman–Crippen MR) is 119 cm³/mol. The summed E-state index contributed by atoms with van der Waals surface area (Å²) in [5.41, 5.74) is 3.03. The third-order valence-electron chi connectivity index (χ3n) is 4.96. The van der Waals surface area contributed by atoms with Crippen molar-refractivity contribution in [2.75, 3.05) is 13.2 Å². The monoisotopic (exact) mass is 438 g/mol. The Balaban J connectivity index is 2.05. The van der Waals surface area contributed by atoms with Crippen LogP contribution in [-0.2, 0) is 14.8 Å². The largest absolute Gasteiger partial charge is 0.462 e. The summed E-state index contributed by atoms with van der Waals surface area (Å²) in [7, 11) is -3.86. The van der Waals surface area contributed by atoms with Crippen molar-refractivity contribution in [1.82, 2.24) is 9.29 Å². The molecule has 1 atom stereocenters. The number of nitrogens with zero attached hydrogens (tertiary/aromatic N) is 2. The van der Waals surface area contributed by atoms with Gasteiger partial charge in [0.25, 0.3) is 0 Å². The van der Waals surface area contributed by atoms with Gasteiger partial charge >= 0.3 is 5.97 Å². The number of aryl methyl sites for hydroxylation is 1. The van der Waals surface area contributed by atoms with Gasteiger partial charge in [0.2, 0.25) is 10.0 Å². The highest BCUT2D eigenvalue weighted by molar-refractivity contribution is 7.89. The van der Waals surface area contributed by atoms with Crippen LogP contribution < -0.4 is 0 Å². The Hall–Kier alpha value is -3.03. The van der Waals surface area contributed by atoms with E-state index in [9.17, 15) is 13.2 Å². The maximum atomic E-state index is 13.6. The van der Waals surface area contributed by atoms with Gasteiger partial charge in [-0.3, -0.25) is 4.98 Å². The summed E-state index contributed by atoms with van der Waals surface area (Å²) in [4.78, 5) is 16.2. The molecule has 0 N–H and O–H groups in total. The minimum atomic E-state index is -3.86. The summed E-state index contributed by atoms with van der Waals surface area (Å²) < 4.78 is 33.7. The van der Waals surface area contributed by atoms with Crippen molar-refractivity contribution < 1.29 is 17.9 Å². The van der Waals surface area contributed by atoms with Crippen LogP contribution in [0.2, 0.25) is 0 Å². The normalized spacial score (nSPS) is 12.5. The molecule has 0 saturated heterocycles. The molecule has 31 heavy (non-hydrogen) atoms. The first kappa shape index (κ1) is 22.7. The topological polar surface area (TPSA) is 76.6 Å². The highest BCUT2D eigenvalue weighted by atomic mass is 32.2. The second-order valence-corrected chi connectivity index (χ2v) is 8.94. The first-order chi connectivity index (χ1) is 14.9. The molecule has 0 aliphatic heterocycles. The van der Waals surface area contributed by atoms with Crippen molar-refractivity contribution in [3.05, 3.63) is 95.3 Å². The zero-order valence-electron chi connectivity index (χ0n) is 17.9. The Morgan fingerprint density at radius 3 is 2.23 bits per heavy atom. The maximum absolute atomic E-state index is 13.6. The first-order valence-corrected chi connectivity index (χ1v) is 11.6. The Labute approximate surface area is 183 Å². The molecule has 0 bridgehead atoms. The fourth-order valence-electron chi connectivity index (χ4n) is 3.42. The van der Waals surface area contributed by atoms with E-state index in [1.165, 1.54) is 28.6 Å². The van der Waals surface area contributed by atoms with Crippen LogP contribution in [0, 0.1) is 6.92 Å². The molecule has 0 aliphatic carbocycles. The smallest absolute Gasteiger partial charge is 0.338 e. The molecule has 1 aromatic heterocycles. The van der Waals surface area contributed by atoms with Gasteiger partial charge in [-0.1, -0.05) is 42.8 Å². The number of carbonyl (C=O) groups is 1. The van der Waals surface area contributed by atoms with Crippen LogP contribution in [0.15, 0.2) is 78.0 Å². The summed E-state index contributed by atoms with van der Waals surface area (Å²) in [6.07, 6.45) is 3.35. The van der Waals surface area contributed by atoms with E-state index in [2.05, 4.69) is 4.98 Å². The Morgan fingerprint density at radius 2 is 1.68 bits per heavy atom. The molecule has 3 rings (SSSR count). The van der Waals surface area contributed by atoms with Gasteiger partial charge in [-0.05, 0) is 55.3 Å². The fraction of sp³-hybridized carbons (Fsp3) is 0.250. The molecule has 0 aliphatic rings. The molecule has 162 valence electrons. The molecular formula is C24H26N2O4S. The number of esters is 1. The summed E-state index contributed by atoms with van der Waals surface area (Å²) >= 11 is 0. The van der Waals surface area contributed by atoms with Crippen molar-refractivity contribution in [2.24, 2.45) is 0 Å². The van der Waals surface area contributed by atoms with Gasteiger partial charge < -0.3 is 4.74 Å². The van der Waals surface area contributed by atoms with E-state index in [1.54, 1.807) is 25.4 Å². The third-order valence-corrected chi connectivity index (χ3v) is 6.92. The Kier molecular flexibility index (Phi) is 7.20. The number of aromatic nitrogens is 1. The number of benzene rings is 2. The van der Waals surface area contributed by atoms with Gasteiger partial charge in [0.15, 0.2) is 0 Å². The molecule has 1 heterocycles. The number of hydrogen-bond donors (Lipinski definition) is 0. The molecule has 0 spiro atoms. The van der Waals surface area contributed by atoms with Crippen LogP contribution in [0.5, 0.6) is 0 Å². The quantitative estimate of drug-likeness (QED) is 0.488. The van der Waals surface area contributed by atoms with Gasteiger partial charge in [-0.15, -0.1) is 0 Å². The zero-order chi connectivity index (χ0) is 22.4. The van der Waals surface area contributed by atoms with Crippen LogP contribution in [0.3, 0.4) is 0 Å². The molecule has 0 radical (unpaired) electrons. The lowest BCUT2D eigenvalue weighted by molar-refractivity contribution is 0.0526. The zero-order valence-corrected chi connectivity index (χ0v) is 18.7. The molecule has 1 unspecified atom stereocenters. The highest BCUT2D eigenvalue weighted by Crippen LogP contribution is 2.33. The van der Waals surface area contributed by atoms with Crippen molar-refractivity contribution >= 4 is 16.0 Å². The molecule has 2 aromatic carbocycles. The second-order valence-electron chi connectivity index (χ2n) is 7.05. The Morgan fingerprint density at radius 1 is 1.00 bits per heavy atom. The van der Waals surface area contributed by atoms with Crippen LogP contribution in [0.4, 0.5) is 0 Å². The van der Waals surface area contributed by atoms with E-state index in [4.69, 9.17) is 4.74 Å². The van der Waals surface area contributed by atoms with Gasteiger partial charge in [0.1, 0.15) is 0 Å². The van der Waals surface area contributed by atoms with Crippen LogP contribution >= 0.6 is 0 Å². The van der Waals surface area contributed by atoms with Gasteiger partial charge in [0.05, 0.1) is 23.1 Å². The standard InChI is InChI=1S/C24H26N2O4S/c1-4-26(31(28,29)22-14-12-20(13-15-22)24(27)30-5-2)23(21-7-6-16-25-17-21)19-10-8-18(3)9-11-19/h6-17,23H,4-5H2,1-3H3. The lowest BCUT2D eigenvalue weighted by Gasteiger charge is -2.30. The maximum Gasteiger partial charge on any atom is 0.338 e. The van der Waals surface area contributed by atoms with E-state index in [0.29, 0.717) is 5.56 Å². The van der Waals surface area contributed by atoms with Gasteiger partial charge in [-0.2, -0.15) is 4.31 Å². The van der Waals surface area contributed by atoms with E-state index in [1.807, 2.05) is 44.2 Å². The molecule has 7 heteroatoms. The predicted octanol–water partition coefficient (Wildman–Crippen LogP) is 4.37. The Bertz CT molecular complexity index is 1110. The van der Waals surface area contributed by atoms with Gasteiger partial charge in [-0.25, -0.2) is 13.2 Å². The van der Waals surface area contributed by atoms with Gasteiger partial charge in [0, 0.05) is 18.9 Å². The lowest BCUT2D eigenvalue weighted by Crippen LogP contribution is -2.35. The lowest BCUT2D eigenvalue weighted by atomic mass is 9.99. The van der Waals surface area contributed by atoms with Crippen molar-refractivity contribution in [3.63, 3.8) is 0 Å². The third kappa shape index (κ3) is 5.00. The van der Waals surface area contributed by atoms with Crippen LogP contribution in [-0.4, -0.2) is 36.8 Å². The molecule has 0 amide bonds. The average Bonchev–Trinajstić information content (AvgIpc) is 2.79. The molecule has 6 nitrogen and oxygen atoms in total. The SMILES string of the molecule is CCOC(=O)c1ccc(S(=O)(=O)N(CC)C(c2ccc(C)cc2)c2cccnc2)cc1. The first-order valence-electron chi connectivity index (χ1n) is 10.1. The van der Waals surface area contributed by atoms with Crippen LogP contribution in [0.1, 0.15) is 46.9 Å². The molecule has 3 aromatic rings. The number of hydrogen-bond acceptors (Lipinski definition) is 5. The summed E-state index contributed by atoms with van der Waals surface area (Å²) in [6, 6.07) is 16.8. The van der Waals surface area contributed by atoms with E-state index in [0.717, 1.165) is 16.7 Å². The van der Waals surface area contributed by atoms with Crippen molar-refractivity contribution in [1.29, 1.82) is 0 Å². The minimum Gasteiger partial charge on any atom is -0.462 e. The average molecular weight is 439 g/mol. The van der Waals surface area contributed by atoms with Crippen molar-refractivity contribution in [3.8, 4) is 0 Å². The molecular weight excluding hydrogens is 412 g/mol. The molecule has 0 saturated carbocycles. The van der Waals surface area contributed by atoms with E-state index < -0.39 is 22.0 Å². The summed E-state index contributed by atoms with van der Waals surface area (Å²) in [6.45, 7) is 6.03. The fourth-order valence-corrected chi connectivity index (χ4v) is 5.03. The van der Waals surface area contributed by atoms with E-state index in [-0.39, 0.29) is 18.0 Å². The number of ether oxygens (including phenoxy) is 1. The summed E-state index contributed by atoms with van der Waals surface area (Å²) in [5, 5.41) is 0. The second kappa shape index (κ2) is 9.85. The van der Waals surface area contributed by atoms with Crippen LogP contribution in [0.25, 0.3) is 0 Å².